The lowest BCUT2D eigenvalue weighted by Crippen LogP contribution is -2.26. The van der Waals surface area contributed by atoms with E-state index in [1.54, 1.807) is 31.4 Å². The Balaban J connectivity index is 1.67. The molecule has 0 radical (unpaired) electrons. The van der Waals surface area contributed by atoms with Gasteiger partial charge in [0.2, 0.25) is 0 Å². The van der Waals surface area contributed by atoms with E-state index in [9.17, 15) is 13.6 Å². The van der Waals surface area contributed by atoms with Gasteiger partial charge in [-0.2, -0.15) is 5.10 Å². The van der Waals surface area contributed by atoms with Crippen molar-refractivity contribution in [2.75, 3.05) is 7.11 Å². The van der Waals surface area contributed by atoms with Crippen molar-refractivity contribution in [3.8, 4) is 17.0 Å². The molecule has 2 aromatic heterocycles. The number of rotatable bonds is 7. The minimum absolute atomic E-state index is 0.0727. The highest BCUT2D eigenvalue weighted by atomic mass is 19.3. The molecule has 176 valence electrons. The van der Waals surface area contributed by atoms with Gasteiger partial charge < -0.3 is 10.1 Å². The quantitative estimate of drug-likeness (QED) is 0.367. The smallest absolute Gasteiger partial charge is 0.280 e. The van der Waals surface area contributed by atoms with E-state index in [1.165, 1.54) is 17.8 Å². The van der Waals surface area contributed by atoms with Crippen LogP contribution in [0.3, 0.4) is 0 Å². The average Bonchev–Trinajstić information content (AvgIpc) is 3.27. The van der Waals surface area contributed by atoms with Gasteiger partial charge in [-0.25, -0.2) is 18.3 Å². The first-order valence-electron chi connectivity index (χ1n) is 11.0. The Bertz CT molecular complexity index is 1300. The maximum Gasteiger partial charge on any atom is 0.280 e. The van der Waals surface area contributed by atoms with Gasteiger partial charge in [0, 0.05) is 5.56 Å². The van der Waals surface area contributed by atoms with Crippen LogP contribution in [0.5, 0.6) is 5.75 Å². The summed E-state index contributed by atoms with van der Waals surface area (Å²) in [5.74, 6) is 0.613. The van der Waals surface area contributed by atoms with Crippen molar-refractivity contribution in [2.45, 2.75) is 39.2 Å². The van der Waals surface area contributed by atoms with Crippen molar-refractivity contribution < 1.29 is 18.3 Å². The van der Waals surface area contributed by atoms with E-state index in [1.807, 2.05) is 31.2 Å². The van der Waals surface area contributed by atoms with Crippen molar-refractivity contribution in [3.63, 3.8) is 0 Å². The molecule has 0 saturated carbocycles. The van der Waals surface area contributed by atoms with Gasteiger partial charge in [0.1, 0.15) is 17.0 Å². The predicted octanol–water partition coefficient (Wildman–Crippen LogP) is 5.96. The third-order valence-corrected chi connectivity index (χ3v) is 5.80. The van der Waals surface area contributed by atoms with Crippen molar-refractivity contribution in [1.29, 1.82) is 0 Å². The van der Waals surface area contributed by atoms with Crippen LogP contribution < -0.4 is 10.1 Å². The van der Waals surface area contributed by atoms with Crippen LogP contribution >= 0.6 is 0 Å². The third-order valence-electron chi connectivity index (χ3n) is 5.80. The van der Waals surface area contributed by atoms with E-state index in [0.29, 0.717) is 22.9 Å². The number of ether oxygens (including phenoxy) is 1. The number of methoxy groups -OCH3 is 1. The standard InChI is InChI=1S/C26H26F2N4O2/c1-15(2)17-5-7-18(8-6-17)16(3)30-26(33)21-14-29-32-23(24(27)28)13-22(31-25(21)32)19-9-11-20(34-4)12-10-19/h5-16,24H,1-4H3,(H,30,33)/t16-/m0/s1. The molecule has 0 aliphatic heterocycles. The van der Waals surface area contributed by atoms with Gasteiger partial charge in [0.05, 0.1) is 25.0 Å². The van der Waals surface area contributed by atoms with Gasteiger partial charge in [-0.1, -0.05) is 38.1 Å². The van der Waals surface area contributed by atoms with E-state index in [2.05, 4.69) is 29.2 Å². The third kappa shape index (κ3) is 4.62. The van der Waals surface area contributed by atoms with Gasteiger partial charge >= 0.3 is 0 Å². The van der Waals surface area contributed by atoms with Crippen LogP contribution in [-0.2, 0) is 0 Å². The molecule has 34 heavy (non-hydrogen) atoms. The van der Waals surface area contributed by atoms with E-state index >= 15 is 0 Å². The molecule has 1 N–H and O–H groups in total. The number of carbonyl (C=O) groups is 1. The van der Waals surface area contributed by atoms with Crippen LogP contribution in [0.25, 0.3) is 16.9 Å². The van der Waals surface area contributed by atoms with Crippen LogP contribution in [0, 0.1) is 0 Å². The van der Waals surface area contributed by atoms with Gasteiger partial charge in [-0.3, -0.25) is 4.79 Å². The molecule has 0 fully saturated rings. The number of hydrogen-bond donors (Lipinski definition) is 1. The molecule has 0 spiro atoms. The highest BCUT2D eigenvalue weighted by Gasteiger charge is 2.22. The topological polar surface area (TPSA) is 68.5 Å². The highest BCUT2D eigenvalue weighted by molar-refractivity contribution is 6.00. The largest absolute Gasteiger partial charge is 0.497 e. The fourth-order valence-electron chi connectivity index (χ4n) is 3.74. The predicted molar refractivity (Wildman–Crippen MR) is 126 cm³/mol. The Hall–Kier alpha value is -3.81. The van der Waals surface area contributed by atoms with E-state index < -0.39 is 12.3 Å². The summed E-state index contributed by atoms with van der Waals surface area (Å²) in [5.41, 5.74) is 2.95. The van der Waals surface area contributed by atoms with E-state index in [-0.39, 0.29) is 22.9 Å². The summed E-state index contributed by atoms with van der Waals surface area (Å²) in [4.78, 5) is 17.6. The maximum atomic E-state index is 13.8. The molecule has 1 atom stereocenters. The number of carbonyl (C=O) groups excluding carboxylic acids is 1. The summed E-state index contributed by atoms with van der Waals surface area (Å²) < 4.78 is 33.8. The molecule has 2 heterocycles. The summed E-state index contributed by atoms with van der Waals surface area (Å²) in [5, 5.41) is 6.95. The Morgan fingerprint density at radius 2 is 1.65 bits per heavy atom. The molecule has 0 unspecified atom stereocenters. The Morgan fingerprint density at radius 3 is 2.24 bits per heavy atom. The van der Waals surface area contributed by atoms with Crippen LogP contribution in [0.15, 0.2) is 60.8 Å². The van der Waals surface area contributed by atoms with Crippen LogP contribution in [0.4, 0.5) is 8.78 Å². The molecule has 4 rings (SSSR count). The molecule has 0 saturated heterocycles. The average molecular weight is 465 g/mol. The molecular formula is C26H26F2N4O2. The first-order chi connectivity index (χ1) is 16.3. The molecule has 2 aromatic carbocycles. The van der Waals surface area contributed by atoms with E-state index in [0.717, 1.165) is 10.1 Å². The van der Waals surface area contributed by atoms with E-state index in [4.69, 9.17) is 4.74 Å². The molecule has 1 amide bonds. The SMILES string of the molecule is COc1ccc(-c2cc(C(F)F)n3ncc(C(=O)N[C@@H](C)c4ccc(C(C)C)cc4)c3n2)cc1. The monoisotopic (exact) mass is 464 g/mol. The number of nitrogens with one attached hydrogen (secondary N) is 1. The van der Waals surface area contributed by atoms with Crippen molar-refractivity contribution >= 4 is 11.6 Å². The lowest BCUT2D eigenvalue weighted by atomic mass is 9.99. The number of aromatic nitrogens is 3. The van der Waals surface area contributed by atoms with Crippen molar-refractivity contribution in [3.05, 3.63) is 83.2 Å². The fraction of sp³-hybridized carbons (Fsp3) is 0.269. The number of benzene rings is 2. The maximum absolute atomic E-state index is 13.8. The number of nitrogens with zero attached hydrogens (tertiary/aromatic N) is 3. The van der Waals surface area contributed by atoms with Gasteiger partial charge in [0.25, 0.3) is 12.3 Å². The number of fused-ring (bicyclic) bond motifs is 1. The van der Waals surface area contributed by atoms with Crippen molar-refractivity contribution in [2.24, 2.45) is 0 Å². The molecule has 0 aliphatic rings. The molecule has 0 aliphatic carbocycles. The zero-order valence-corrected chi connectivity index (χ0v) is 19.4. The molecule has 6 nitrogen and oxygen atoms in total. The summed E-state index contributed by atoms with van der Waals surface area (Å²) in [6.07, 6.45) is -1.52. The summed E-state index contributed by atoms with van der Waals surface area (Å²) in [6, 6.07) is 15.9. The van der Waals surface area contributed by atoms with Gasteiger partial charge in [0.15, 0.2) is 5.65 Å². The summed E-state index contributed by atoms with van der Waals surface area (Å²) in [7, 11) is 1.55. The van der Waals surface area contributed by atoms with Crippen molar-refractivity contribution in [1.82, 2.24) is 19.9 Å². The summed E-state index contributed by atoms with van der Waals surface area (Å²) >= 11 is 0. The van der Waals surface area contributed by atoms with Crippen LogP contribution in [-0.4, -0.2) is 27.6 Å². The number of amides is 1. The molecule has 0 bridgehead atoms. The second kappa shape index (κ2) is 9.59. The normalized spacial score (nSPS) is 12.4. The minimum Gasteiger partial charge on any atom is -0.497 e. The molecule has 4 aromatic rings. The minimum atomic E-state index is -2.79. The zero-order valence-electron chi connectivity index (χ0n) is 19.4. The lowest BCUT2D eigenvalue weighted by molar-refractivity contribution is 0.0941. The van der Waals surface area contributed by atoms with Gasteiger partial charge in [-0.05, 0) is 54.3 Å². The second-order valence-electron chi connectivity index (χ2n) is 8.41. The number of alkyl halides is 2. The molecule has 8 heteroatoms. The Kier molecular flexibility index (Phi) is 6.58. The number of hydrogen-bond acceptors (Lipinski definition) is 4. The van der Waals surface area contributed by atoms with Crippen LogP contribution in [0.1, 0.15) is 66.3 Å². The lowest BCUT2D eigenvalue weighted by Gasteiger charge is -2.15. The zero-order chi connectivity index (χ0) is 24.4. The highest BCUT2D eigenvalue weighted by Crippen LogP contribution is 2.28. The fourth-order valence-corrected chi connectivity index (χ4v) is 3.74. The Morgan fingerprint density at radius 1 is 1.00 bits per heavy atom. The first kappa shape index (κ1) is 23.4. The second-order valence-corrected chi connectivity index (χ2v) is 8.41. The summed E-state index contributed by atoms with van der Waals surface area (Å²) in [6.45, 7) is 6.10. The number of halogens is 2. The van der Waals surface area contributed by atoms with Gasteiger partial charge in [-0.15, -0.1) is 0 Å². The van der Waals surface area contributed by atoms with Crippen LogP contribution in [0.2, 0.25) is 0 Å². The molecular weight excluding hydrogens is 438 g/mol. The first-order valence-corrected chi connectivity index (χ1v) is 11.0. The Labute approximate surface area is 196 Å².